The molecule has 0 fully saturated rings. The first kappa shape index (κ1) is 14.3. The Balaban J connectivity index is 2.30. The van der Waals surface area contributed by atoms with Gasteiger partial charge in [0.1, 0.15) is 0 Å². The summed E-state index contributed by atoms with van der Waals surface area (Å²) in [7, 11) is 1.37. The summed E-state index contributed by atoms with van der Waals surface area (Å²) in [6, 6.07) is 7.21. The van der Waals surface area contributed by atoms with Crippen LogP contribution in [0.4, 0.5) is 5.69 Å². The van der Waals surface area contributed by atoms with Crippen molar-refractivity contribution in [1.29, 1.82) is 0 Å². The maximum atomic E-state index is 11.7. The fraction of sp³-hybridized carbons (Fsp3) is 0.200. The van der Waals surface area contributed by atoms with Gasteiger partial charge in [0.05, 0.1) is 30.3 Å². The molecule has 1 N–H and O–H groups in total. The van der Waals surface area contributed by atoms with Gasteiger partial charge in [0.25, 0.3) is 0 Å². The molecule has 0 aliphatic heterocycles. The number of aromatic amines is 1. The summed E-state index contributed by atoms with van der Waals surface area (Å²) in [6.07, 6.45) is 1.69. The number of ether oxygens (including phenoxy) is 1. The topological polar surface area (TPSA) is 54.5 Å². The van der Waals surface area contributed by atoms with E-state index in [1.165, 1.54) is 7.11 Å². The van der Waals surface area contributed by atoms with Crippen LogP contribution in [0.25, 0.3) is 0 Å². The van der Waals surface area contributed by atoms with Gasteiger partial charge < -0.3 is 9.72 Å². The van der Waals surface area contributed by atoms with Crippen LogP contribution in [0, 0.1) is 13.8 Å². The molecule has 0 saturated carbocycles. The van der Waals surface area contributed by atoms with Crippen molar-refractivity contribution in [2.24, 2.45) is 4.99 Å². The van der Waals surface area contributed by atoms with Gasteiger partial charge in [-0.05, 0) is 43.7 Å². The van der Waals surface area contributed by atoms with E-state index in [0.717, 1.165) is 22.6 Å². The molecule has 0 bridgehead atoms. The molecule has 0 amide bonds. The lowest BCUT2D eigenvalue weighted by Crippen LogP contribution is -2.03. The highest BCUT2D eigenvalue weighted by molar-refractivity contribution is 6.30. The molecule has 104 valence electrons. The second-order valence-electron chi connectivity index (χ2n) is 4.39. The van der Waals surface area contributed by atoms with Crippen LogP contribution in [0.15, 0.2) is 29.3 Å². The maximum Gasteiger partial charge on any atom is 0.339 e. The van der Waals surface area contributed by atoms with E-state index in [2.05, 4.69) is 9.98 Å². The molecular weight excluding hydrogens is 276 g/mol. The zero-order valence-electron chi connectivity index (χ0n) is 11.5. The van der Waals surface area contributed by atoms with Crippen molar-refractivity contribution < 1.29 is 9.53 Å². The number of hydrogen-bond donors (Lipinski definition) is 1. The molecule has 0 atom stereocenters. The van der Waals surface area contributed by atoms with E-state index in [1.807, 2.05) is 26.0 Å². The molecule has 2 rings (SSSR count). The molecule has 0 aliphatic carbocycles. The van der Waals surface area contributed by atoms with Crippen molar-refractivity contribution in [1.82, 2.24) is 4.98 Å². The summed E-state index contributed by atoms with van der Waals surface area (Å²) < 4.78 is 4.77. The van der Waals surface area contributed by atoms with Crippen molar-refractivity contribution in [2.45, 2.75) is 13.8 Å². The van der Waals surface area contributed by atoms with Gasteiger partial charge in [-0.2, -0.15) is 0 Å². The first-order chi connectivity index (χ1) is 9.52. The molecule has 1 aromatic heterocycles. The standard InChI is InChI=1S/C15H15ClN2O2/c1-9-13(18-10(2)14(9)15(19)20-3)8-17-12-6-4-11(16)5-7-12/h4-8,18H,1-3H3. The molecule has 1 aromatic carbocycles. The Morgan fingerprint density at radius 3 is 2.55 bits per heavy atom. The number of halogens is 1. The van der Waals surface area contributed by atoms with Crippen molar-refractivity contribution in [3.8, 4) is 0 Å². The third-order valence-electron chi connectivity index (χ3n) is 3.04. The van der Waals surface area contributed by atoms with E-state index in [9.17, 15) is 4.79 Å². The number of rotatable bonds is 3. The summed E-state index contributed by atoms with van der Waals surface area (Å²) in [5.74, 6) is -0.345. The quantitative estimate of drug-likeness (QED) is 0.690. The highest BCUT2D eigenvalue weighted by Gasteiger charge is 2.17. The molecule has 0 spiro atoms. The molecule has 4 nitrogen and oxygen atoms in total. The lowest BCUT2D eigenvalue weighted by atomic mass is 10.1. The minimum absolute atomic E-state index is 0.345. The van der Waals surface area contributed by atoms with Gasteiger partial charge in [0.15, 0.2) is 0 Å². The smallest absolute Gasteiger partial charge is 0.339 e. The van der Waals surface area contributed by atoms with E-state index in [-0.39, 0.29) is 5.97 Å². The number of esters is 1. The highest BCUT2D eigenvalue weighted by Crippen LogP contribution is 2.19. The van der Waals surface area contributed by atoms with Crippen molar-refractivity contribution in [3.63, 3.8) is 0 Å². The Bertz CT molecular complexity index is 657. The Labute approximate surface area is 122 Å². The van der Waals surface area contributed by atoms with Gasteiger partial charge >= 0.3 is 5.97 Å². The van der Waals surface area contributed by atoms with Crippen LogP contribution >= 0.6 is 11.6 Å². The van der Waals surface area contributed by atoms with Crippen LogP contribution in [0.3, 0.4) is 0 Å². The van der Waals surface area contributed by atoms with Gasteiger partial charge in [0, 0.05) is 10.7 Å². The summed E-state index contributed by atoms with van der Waals surface area (Å²) >= 11 is 5.82. The number of aromatic nitrogens is 1. The van der Waals surface area contributed by atoms with Gasteiger partial charge in [-0.15, -0.1) is 0 Å². The molecule has 0 aliphatic rings. The summed E-state index contributed by atoms with van der Waals surface area (Å²) in [5.41, 5.74) is 3.74. The number of carbonyl (C=O) groups is 1. The van der Waals surface area contributed by atoms with E-state index in [4.69, 9.17) is 16.3 Å². The van der Waals surface area contributed by atoms with E-state index in [1.54, 1.807) is 18.3 Å². The molecule has 0 unspecified atom stereocenters. The van der Waals surface area contributed by atoms with Crippen LogP contribution in [0.1, 0.15) is 27.3 Å². The Morgan fingerprint density at radius 2 is 1.95 bits per heavy atom. The monoisotopic (exact) mass is 290 g/mol. The summed E-state index contributed by atoms with van der Waals surface area (Å²) in [5, 5.41) is 0.670. The molecule has 0 radical (unpaired) electrons. The SMILES string of the molecule is COC(=O)c1c(C)[nH]c(C=Nc2ccc(Cl)cc2)c1C. The molecule has 20 heavy (non-hydrogen) atoms. The fourth-order valence-corrected chi connectivity index (χ4v) is 2.10. The predicted molar refractivity (Wildman–Crippen MR) is 80.3 cm³/mol. The van der Waals surface area contributed by atoms with Gasteiger partial charge in [-0.25, -0.2) is 4.79 Å². The van der Waals surface area contributed by atoms with E-state index < -0.39 is 0 Å². The van der Waals surface area contributed by atoms with Crippen molar-refractivity contribution in [2.75, 3.05) is 7.11 Å². The number of carbonyl (C=O) groups excluding carboxylic acids is 1. The van der Waals surface area contributed by atoms with Crippen LogP contribution in [-0.4, -0.2) is 24.3 Å². The Kier molecular flexibility index (Phi) is 4.25. The highest BCUT2D eigenvalue weighted by atomic mass is 35.5. The molecular formula is C15H15ClN2O2. The number of methoxy groups -OCH3 is 1. The van der Waals surface area contributed by atoms with E-state index >= 15 is 0 Å². The summed E-state index contributed by atoms with van der Waals surface area (Å²) in [6.45, 7) is 3.69. The lowest BCUT2D eigenvalue weighted by molar-refractivity contribution is 0.0599. The number of benzene rings is 1. The number of nitrogens with zero attached hydrogens (tertiary/aromatic N) is 1. The average Bonchev–Trinajstić information content (AvgIpc) is 2.72. The minimum atomic E-state index is -0.345. The minimum Gasteiger partial charge on any atom is -0.465 e. The zero-order valence-corrected chi connectivity index (χ0v) is 12.3. The fourth-order valence-electron chi connectivity index (χ4n) is 1.98. The molecule has 1 heterocycles. The number of aryl methyl sites for hydroxylation is 1. The van der Waals surface area contributed by atoms with Crippen LogP contribution in [0.2, 0.25) is 5.02 Å². The first-order valence-corrected chi connectivity index (χ1v) is 6.48. The van der Waals surface area contributed by atoms with Crippen LogP contribution in [0.5, 0.6) is 0 Å². The number of hydrogen-bond acceptors (Lipinski definition) is 3. The largest absolute Gasteiger partial charge is 0.465 e. The third-order valence-corrected chi connectivity index (χ3v) is 3.29. The normalized spacial score (nSPS) is 11.0. The van der Waals surface area contributed by atoms with Crippen molar-refractivity contribution in [3.05, 3.63) is 51.8 Å². The third kappa shape index (κ3) is 2.91. The Morgan fingerprint density at radius 1 is 1.30 bits per heavy atom. The maximum absolute atomic E-state index is 11.7. The second-order valence-corrected chi connectivity index (χ2v) is 4.83. The summed E-state index contributed by atoms with van der Waals surface area (Å²) in [4.78, 5) is 19.2. The number of nitrogens with one attached hydrogen (secondary N) is 1. The second kappa shape index (κ2) is 5.92. The lowest BCUT2D eigenvalue weighted by Gasteiger charge is -1.98. The molecule has 2 aromatic rings. The average molecular weight is 291 g/mol. The van der Waals surface area contributed by atoms with Gasteiger partial charge in [0.2, 0.25) is 0 Å². The van der Waals surface area contributed by atoms with Crippen LogP contribution in [-0.2, 0) is 4.74 Å². The number of H-pyrrole nitrogens is 1. The Hall–Kier alpha value is -2.07. The van der Waals surface area contributed by atoms with Gasteiger partial charge in [-0.1, -0.05) is 11.6 Å². The van der Waals surface area contributed by atoms with E-state index in [0.29, 0.717) is 10.6 Å². The van der Waals surface area contributed by atoms with Crippen LogP contribution < -0.4 is 0 Å². The predicted octanol–water partition coefficient (Wildman–Crippen LogP) is 3.82. The van der Waals surface area contributed by atoms with Crippen molar-refractivity contribution >= 4 is 29.5 Å². The zero-order chi connectivity index (χ0) is 14.7. The molecule has 5 heteroatoms. The first-order valence-electron chi connectivity index (χ1n) is 6.10. The molecule has 0 saturated heterocycles. The van der Waals surface area contributed by atoms with Gasteiger partial charge in [-0.3, -0.25) is 4.99 Å². The number of aliphatic imine (C=N–C) groups is 1.